The van der Waals surface area contributed by atoms with Gasteiger partial charge in [0.15, 0.2) is 0 Å². The summed E-state index contributed by atoms with van der Waals surface area (Å²) < 4.78 is 18.6. The van der Waals surface area contributed by atoms with Crippen molar-refractivity contribution in [2.24, 2.45) is 0 Å². The van der Waals surface area contributed by atoms with E-state index in [4.69, 9.17) is 4.42 Å². The molecule has 21 heavy (non-hydrogen) atoms. The minimum atomic E-state index is -0.236. The number of furan rings is 1. The Morgan fingerprint density at radius 3 is 2.86 bits per heavy atom. The molecule has 0 unspecified atom stereocenters. The highest BCUT2D eigenvalue weighted by Gasteiger charge is 2.15. The van der Waals surface area contributed by atoms with Gasteiger partial charge in [-0.1, -0.05) is 6.07 Å². The summed E-state index contributed by atoms with van der Waals surface area (Å²) in [5.41, 5.74) is 1.77. The largest absolute Gasteiger partial charge is 0.468 e. The molecule has 0 N–H and O–H groups in total. The normalized spacial score (nSPS) is 13.0. The van der Waals surface area contributed by atoms with Crippen molar-refractivity contribution in [1.82, 2.24) is 9.88 Å². The van der Waals surface area contributed by atoms with E-state index in [0.717, 1.165) is 22.4 Å². The molecule has 3 nitrogen and oxygen atoms in total. The van der Waals surface area contributed by atoms with E-state index in [1.165, 1.54) is 12.1 Å². The molecular formula is C17H17FN2O. The lowest BCUT2D eigenvalue weighted by Crippen LogP contribution is -2.22. The van der Waals surface area contributed by atoms with Crippen LogP contribution in [0.5, 0.6) is 0 Å². The molecule has 0 aliphatic rings. The topological polar surface area (TPSA) is 29.3 Å². The van der Waals surface area contributed by atoms with E-state index >= 15 is 0 Å². The van der Waals surface area contributed by atoms with Gasteiger partial charge in [0.1, 0.15) is 11.6 Å². The second kappa shape index (κ2) is 5.66. The fraction of sp³-hybridized carbons (Fsp3) is 0.235. The van der Waals surface area contributed by atoms with E-state index in [1.54, 1.807) is 12.3 Å². The molecule has 0 saturated heterocycles. The average Bonchev–Trinajstić information content (AvgIpc) is 3.00. The maximum Gasteiger partial charge on any atom is 0.123 e. The van der Waals surface area contributed by atoms with Crippen molar-refractivity contribution < 1.29 is 8.81 Å². The lowest BCUT2D eigenvalue weighted by atomic mass is 10.2. The molecule has 0 radical (unpaired) electrons. The molecule has 0 aliphatic carbocycles. The number of hydrogen-bond acceptors (Lipinski definition) is 3. The summed E-state index contributed by atoms with van der Waals surface area (Å²) in [7, 11) is 2.03. The van der Waals surface area contributed by atoms with Gasteiger partial charge in [-0.25, -0.2) is 4.39 Å². The van der Waals surface area contributed by atoms with Gasteiger partial charge in [-0.15, -0.1) is 0 Å². The van der Waals surface area contributed by atoms with Crippen LogP contribution >= 0.6 is 0 Å². The Labute approximate surface area is 123 Å². The van der Waals surface area contributed by atoms with Crippen molar-refractivity contribution in [1.29, 1.82) is 0 Å². The summed E-state index contributed by atoms with van der Waals surface area (Å²) in [4.78, 5) is 6.74. The molecule has 1 aromatic carbocycles. The molecule has 0 spiro atoms. The van der Waals surface area contributed by atoms with Gasteiger partial charge in [-0.2, -0.15) is 0 Å². The first-order valence-corrected chi connectivity index (χ1v) is 6.92. The van der Waals surface area contributed by atoms with E-state index in [1.807, 2.05) is 31.3 Å². The molecule has 0 saturated carbocycles. The van der Waals surface area contributed by atoms with Crippen LogP contribution in [0.2, 0.25) is 0 Å². The molecule has 0 bridgehead atoms. The van der Waals surface area contributed by atoms with Crippen molar-refractivity contribution in [2.45, 2.75) is 19.5 Å². The van der Waals surface area contributed by atoms with Crippen LogP contribution in [-0.4, -0.2) is 16.9 Å². The Bertz CT molecular complexity index is 740. The third kappa shape index (κ3) is 2.95. The third-order valence-electron chi connectivity index (χ3n) is 3.74. The average molecular weight is 284 g/mol. The van der Waals surface area contributed by atoms with Crippen molar-refractivity contribution >= 4 is 10.9 Å². The van der Waals surface area contributed by atoms with Crippen LogP contribution in [0.4, 0.5) is 4.39 Å². The molecule has 1 atom stereocenters. The summed E-state index contributed by atoms with van der Waals surface area (Å²) in [6.45, 7) is 2.80. The van der Waals surface area contributed by atoms with E-state index in [2.05, 4.69) is 16.8 Å². The van der Waals surface area contributed by atoms with E-state index in [-0.39, 0.29) is 11.9 Å². The monoisotopic (exact) mass is 284 g/mol. The smallest absolute Gasteiger partial charge is 0.123 e. The summed E-state index contributed by atoms with van der Waals surface area (Å²) in [5.74, 6) is 0.695. The zero-order valence-electron chi connectivity index (χ0n) is 12.1. The van der Waals surface area contributed by atoms with E-state index < -0.39 is 0 Å². The predicted molar refractivity (Wildman–Crippen MR) is 80.3 cm³/mol. The molecule has 3 rings (SSSR count). The number of hydrogen-bond donors (Lipinski definition) is 0. The van der Waals surface area contributed by atoms with Crippen LogP contribution in [-0.2, 0) is 6.54 Å². The van der Waals surface area contributed by atoms with Crippen molar-refractivity contribution in [3.63, 3.8) is 0 Å². The molecule has 2 heterocycles. The van der Waals surface area contributed by atoms with E-state index in [0.29, 0.717) is 6.54 Å². The standard InChI is InChI=1S/C17H17FN2O/c1-12(17-4-3-9-21-17)20(2)11-15-7-5-13-10-14(18)6-8-16(13)19-15/h3-10,12H,11H2,1-2H3/t12-/m1/s1. The first kappa shape index (κ1) is 13.8. The number of rotatable bonds is 4. The van der Waals surface area contributed by atoms with Crippen molar-refractivity contribution in [2.75, 3.05) is 7.05 Å². The molecule has 0 fully saturated rings. The Morgan fingerprint density at radius 2 is 2.10 bits per heavy atom. The van der Waals surface area contributed by atoms with Crippen LogP contribution in [0.25, 0.3) is 10.9 Å². The van der Waals surface area contributed by atoms with E-state index in [9.17, 15) is 4.39 Å². The number of pyridine rings is 1. The molecule has 2 aromatic heterocycles. The van der Waals surface area contributed by atoms with Crippen LogP contribution in [0.1, 0.15) is 24.4 Å². The van der Waals surface area contributed by atoms with Gasteiger partial charge in [0, 0.05) is 11.9 Å². The zero-order chi connectivity index (χ0) is 14.8. The highest BCUT2D eigenvalue weighted by atomic mass is 19.1. The number of aromatic nitrogens is 1. The molecule has 3 aromatic rings. The number of fused-ring (bicyclic) bond motifs is 1. The second-order valence-corrected chi connectivity index (χ2v) is 5.25. The minimum absolute atomic E-state index is 0.172. The Hall–Kier alpha value is -2.20. The molecular weight excluding hydrogens is 267 g/mol. The maximum atomic E-state index is 13.2. The molecule has 0 amide bonds. The SMILES string of the molecule is C[C@H](c1ccco1)N(C)Cc1ccc2cc(F)ccc2n1. The first-order chi connectivity index (χ1) is 10.1. The highest BCUT2D eigenvalue weighted by Crippen LogP contribution is 2.21. The van der Waals surface area contributed by atoms with Crippen LogP contribution in [0.3, 0.4) is 0 Å². The molecule has 108 valence electrons. The summed E-state index contributed by atoms with van der Waals surface area (Å²) >= 11 is 0. The van der Waals surface area contributed by atoms with Gasteiger partial charge in [0.2, 0.25) is 0 Å². The van der Waals surface area contributed by atoms with Crippen LogP contribution in [0, 0.1) is 5.82 Å². The zero-order valence-corrected chi connectivity index (χ0v) is 12.1. The quantitative estimate of drug-likeness (QED) is 0.720. The molecule has 4 heteroatoms. The highest BCUT2D eigenvalue weighted by molar-refractivity contribution is 5.78. The van der Waals surface area contributed by atoms with Gasteiger partial charge in [0.05, 0.1) is 23.5 Å². The Morgan fingerprint density at radius 1 is 1.24 bits per heavy atom. The Kier molecular flexibility index (Phi) is 3.71. The number of halogens is 1. The fourth-order valence-electron chi connectivity index (χ4n) is 2.37. The third-order valence-corrected chi connectivity index (χ3v) is 3.74. The number of benzene rings is 1. The summed E-state index contributed by atoms with van der Waals surface area (Å²) in [6, 6.07) is 12.5. The van der Waals surface area contributed by atoms with Gasteiger partial charge in [-0.3, -0.25) is 9.88 Å². The van der Waals surface area contributed by atoms with Gasteiger partial charge in [-0.05, 0) is 50.4 Å². The maximum absolute atomic E-state index is 13.2. The van der Waals surface area contributed by atoms with Crippen LogP contribution in [0.15, 0.2) is 53.1 Å². The lowest BCUT2D eigenvalue weighted by Gasteiger charge is -2.22. The lowest BCUT2D eigenvalue weighted by molar-refractivity contribution is 0.221. The first-order valence-electron chi connectivity index (χ1n) is 6.92. The van der Waals surface area contributed by atoms with Crippen LogP contribution < -0.4 is 0 Å². The van der Waals surface area contributed by atoms with Gasteiger partial charge < -0.3 is 4.42 Å². The number of nitrogens with zero attached hydrogens (tertiary/aromatic N) is 2. The predicted octanol–water partition coefficient (Wildman–Crippen LogP) is 4.16. The van der Waals surface area contributed by atoms with Crippen molar-refractivity contribution in [3.05, 3.63) is 66.0 Å². The van der Waals surface area contributed by atoms with Gasteiger partial charge in [0.25, 0.3) is 0 Å². The van der Waals surface area contributed by atoms with Gasteiger partial charge >= 0.3 is 0 Å². The summed E-state index contributed by atoms with van der Waals surface area (Å²) in [6.07, 6.45) is 1.68. The Balaban J connectivity index is 1.79. The minimum Gasteiger partial charge on any atom is -0.468 e. The summed E-state index contributed by atoms with van der Waals surface area (Å²) in [5, 5.41) is 0.820. The van der Waals surface area contributed by atoms with Crippen molar-refractivity contribution in [3.8, 4) is 0 Å². The molecule has 0 aliphatic heterocycles. The fourth-order valence-corrected chi connectivity index (χ4v) is 2.37. The second-order valence-electron chi connectivity index (χ2n) is 5.25.